The zero-order valence-electron chi connectivity index (χ0n) is 14.7. The molecule has 0 bridgehead atoms. The summed E-state index contributed by atoms with van der Waals surface area (Å²) in [5, 5.41) is 10.7. The molecular formula is C19H13Cl3N4O2S. The van der Waals surface area contributed by atoms with Gasteiger partial charge in [0.25, 0.3) is 0 Å². The van der Waals surface area contributed by atoms with Gasteiger partial charge in [0.2, 0.25) is 16.8 Å². The summed E-state index contributed by atoms with van der Waals surface area (Å²) in [6.07, 6.45) is 0.155. The molecule has 0 radical (unpaired) electrons. The molecule has 4 aromatic rings. The Balaban J connectivity index is 1.42. The van der Waals surface area contributed by atoms with Crippen LogP contribution in [0.2, 0.25) is 15.1 Å². The molecule has 2 aromatic carbocycles. The Labute approximate surface area is 185 Å². The summed E-state index contributed by atoms with van der Waals surface area (Å²) in [6, 6.07) is 12.1. The number of benzene rings is 2. The van der Waals surface area contributed by atoms with Gasteiger partial charge in [0.15, 0.2) is 0 Å². The third-order valence-corrected chi connectivity index (χ3v) is 5.58. The number of amides is 1. The van der Waals surface area contributed by atoms with Crippen LogP contribution >= 0.6 is 46.1 Å². The molecule has 0 saturated carbocycles. The first-order chi connectivity index (χ1) is 14.0. The maximum Gasteiger partial charge on any atom is 0.250 e. The van der Waals surface area contributed by atoms with Gasteiger partial charge in [-0.05, 0) is 42.5 Å². The molecule has 0 saturated heterocycles. The molecular weight excluding hydrogens is 455 g/mol. The van der Waals surface area contributed by atoms with E-state index in [0.717, 1.165) is 11.3 Å². The Hall–Kier alpha value is -2.32. The van der Waals surface area contributed by atoms with Crippen LogP contribution in [0, 0.1) is 0 Å². The van der Waals surface area contributed by atoms with E-state index in [2.05, 4.69) is 15.4 Å². The second-order valence-electron chi connectivity index (χ2n) is 5.98. The molecule has 1 amide bonds. The van der Waals surface area contributed by atoms with Gasteiger partial charge in [-0.3, -0.25) is 10.1 Å². The van der Waals surface area contributed by atoms with Gasteiger partial charge in [0.1, 0.15) is 5.75 Å². The average Bonchev–Trinajstić information content (AvgIpc) is 3.25. The molecule has 0 spiro atoms. The highest BCUT2D eigenvalue weighted by atomic mass is 35.5. The fraction of sp³-hybridized carbons (Fsp3) is 0.105. The lowest BCUT2D eigenvalue weighted by atomic mass is 10.2. The zero-order valence-corrected chi connectivity index (χ0v) is 17.8. The molecule has 0 unspecified atom stereocenters. The lowest BCUT2D eigenvalue weighted by Gasteiger charge is -2.05. The van der Waals surface area contributed by atoms with E-state index in [4.69, 9.17) is 39.5 Å². The molecule has 0 aliphatic carbocycles. The molecule has 29 heavy (non-hydrogen) atoms. The van der Waals surface area contributed by atoms with Crippen molar-refractivity contribution >= 4 is 63.0 Å². The number of carbonyl (C=O) groups is 1. The highest BCUT2D eigenvalue weighted by molar-refractivity contribution is 7.15. The van der Waals surface area contributed by atoms with Crippen molar-refractivity contribution in [1.29, 1.82) is 0 Å². The van der Waals surface area contributed by atoms with Crippen LogP contribution in [0.1, 0.15) is 6.42 Å². The van der Waals surface area contributed by atoms with E-state index in [9.17, 15) is 4.79 Å². The van der Waals surface area contributed by atoms with E-state index in [1.165, 1.54) is 11.3 Å². The number of rotatable bonds is 6. The van der Waals surface area contributed by atoms with Crippen molar-refractivity contribution in [2.75, 3.05) is 11.9 Å². The van der Waals surface area contributed by atoms with Crippen LogP contribution in [0.25, 0.3) is 16.2 Å². The highest BCUT2D eigenvalue weighted by Crippen LogP contribution is 2.33. The molecule has 2 aromatic heterocycles. The molecule has 10 heteroatoms. The summed E-state index contributed by atoms with van der Waals surface area (Å²) in [6.45, 7) is 0.221. The highest BCUT2D eigenvalue weighted by Gasteiger charge is 2.15. The van der Waals surface area contributed by atoms with Crippen LogP contribution < -0.4 is 10.1 Å². The molecule has 6 nitrogen and oxygen atoms in total. The van der Waals surface area contributed by atoms with Crippen LogP contribution in [-0.2, 0) is 4.79 Å². The molecule has 0 aliphatic heterocycles. The normalized spacial score (nSPS) is 11.0. The van der Waals surface area contributed by atoms with E-state index in [-0.39, 0.29) is 24.9 Å². The van der Waals surface area contributed by atoms with Crippen LogP contribution in [0.3, 0.4) is 0 Å². The number of hydrogen-bond donors (Lipinski definition) is 1. The smallest absolute Gasteiger partial charge is 0.250 e. The first kappa shape index (κ1) is 20.0. The van der Waals surface area contributed by atoms with E-state index in [0.29, 0.717) is 25.8 Å². The first-order valence-corrected chi connectivity index (χ1v) is 10.5. The number of halogens is 3. The van der Waals surface area contributed by atoms with Crippen molar-refractivity contribution in [2.45, 2.75) is 6.42 Å². The van der Waals surface area contributed by atoms with Crippen molar-refractivity contribution < 1.29 is 9.53 Å². The van der Waals surface area contributed by atoms with Crippen LogP contribution in [0.15, 0.2) is 47.8 Å². The monoisotopic (exact) mass is 466 g/mol. The maximum atomic E-state index is 12.2. The number of aromatic nitrogens is 3. The lowest BCUT2D eigenvalue weighted by Crippen LogP contribution is -2.16. The Kier molecular flexibility index (Phi) is 5.91. The Morgan fingerprint density at radius 3 is 2.66 bits per heavy atom. The number of carbonyl (C=O) groups excluding carboxylic acids is 1. The summed E-state index contributed by atoms with van der Waals surface area (Å²) in [5.74, 6) is 0.609. The molecule has 148 valence electrons. The van der Waals surface area contributed by atoms with Crippen molar-refractivity contribution in [2.24, 2.45) is 0 Å². The van der Waals surface area contributed by atoms with E-state index < -0.39 is 0 Å². The van der Waals surface area contributed by atoms with Crippen molar-refractivity contribution in [3.05, 3.63) is 62.9 Å². The lowest BCUT2D eigenvalue weighted by molar-refractivity contribution is -0.116. The summed E-state index contributed by atoms with van der Waals surface area (Å²) in [4.78, 5) is 17.1. The summed E-state index contributed by atoms with van der Waals surface area (Å²) < 4.78 is 7.15. The average molecular weight is 468 g/mol. The Morgan fingerprint density at radius 1 is 1.10 bits per heavy atom. The number of ether oxygens (including phenoxy) is 1. The van der Waals surface area contributed by atoms with Crippen LogP contribution in [0.5, 0.6) is 5.75 Å². The number of nitrogens with one attached hydrogen (secondary N) is 1. The molecule has 0 atom stereocenters. The second-order valence-corrected chi connectivity index (χ2v) is 8.09. The van der Waals surface area contributed by atoms with Gasteiger partial charge in [0.05, 0.1) is 23.7 Å². The molecule has 1 N–H and O–H groups in total. The molecule has 0 fully saturated rings. The fourth-order valence-corrected chi connectivity index (χ4v) is 3.93. The molecule has 2 heterocycles. The topological polar surface area (TPSA) is 68.5 Å². The Morgan fingerprint density at radius 2 is 1.86 bits per heavy atom. The largest absolute Gasteiger partial charge is 0.493 e. The molecule has 4 rings (SSSR count). The van der Waals surface area contributed by atoms with Gasteiger partial charge < -0.3 is 4.74 Å². The zero-order chi connectivity index (χ0) is 20.4. The standard InChI is InChI=1S/C19H13Cl3N4O2S/c20-11-1-4-13(5-2-11)28-8-7-17(27)23-18-24-19-26(25-18)16(10-29-19)14-9-12(21)3-6-15(14)22/h1-6,9-10H,7-8H2,(H,23,25,27). The van der Waals surface area contributed by atoms with Crippen molar-refractivity contribution in [3.8, 4) is 17.0 Å². The second kappa shape index (κ2) is 8.59. The van der Waals surface area contributed by atoms with Gasteiger partial charge in [-0.15, -0.1) is 16.4 Å². The van der Waals surface area contributed by atoms with Gasteiger partial charge in [-0.25, -0.2) is 4.52 Å². The quantitative estimate of drug-likeness (QED) is 0.387. The molecule has 0 aliphatic rings. The van der Waals surface area contributed by atoms with Crippen LogP contribution in [0.4, 0.5) is 5.95 Å². The number of nitrogens with zero attached hydrogens (tertiary/aromatic N) is 3. The van der Waals surface area contributed by atoms with Gasteiger partial charge >= 0.3 is 0 Å². The summed E-state index contributed by atoms with van der Waals surface area (Å²) >= 11 is 19.6. The number of anilines is 1. The minimum absolute atomic E-state index is 0.155. The van der Waals surface area contributed by atoms with E-state index in [1.54, 1.807) is 47.0 Å². The summed E-state index contributed by atoms with van der Waals surface area (Å²) in [7, 11) is 0. The number of thiazole rings is 1. The number of hydrogen-bond acceptors (Lipinski definition) is 5. The third-order valence-electron chi connectivity index (χ3n) is 3.95. The van der Waals surface area contributed by atoms with Crippen LogP contribution in [-0.4, -0.2) is 27.1 Å². The van der Waals surface area contributed by atoms with Crippen molar-refractivity contribution in [3.63, 3.8) is 0 Å². The minimum Gasteiger partial charge on any atom is -0.493 e. The first-order valence-electron chi connectivity index (χ1n) is 8.47. The van der Waals surface area contributed by atoms with Crippen molar-refractivity contribution in [1.82, 2.24) is 14.6 Å². The third kappa shape index (κ3) is 4.64. The minimum atomic E-state index is -0.250. The van der Waals surface area contributed by atoms with Gasteiger partial charge in [-0.2, -0.15) is 4.98 Å². The number of fused-ring (bicyclic) bond motifs is 1. The predicted octanol–water partition coefficient (Wildman–Crippen LogP) is 5.83. The Bertz CT molecular complexity index is 1170. The van der Waals surface area contributed by atoms with E-state index in [1.807, 2.05) is 5.38 Å². The van der Waals surface area contributed by atoms with E-state index >= 15 is 0 Å². The maximum absolute atomic E-state index is 12.2. The fourth-order valence-electron chi connectivity index (χ4n) is 2.59. The summed E-state index contributed by atoms with van der Waals surface area (Å²) in [5.41, 5.74) is 1.49. The SMILES string of the molecule is O=C(CCOc1ccc(Cl)cc1)Nc1nc2scc(-c3cc(Cl)ccc3Cl)n2n1. The van der Waals surface area contributed by atoms with Gasteiger partial charge in [-0.1, -0.05) is 34.8 Å². The predicted molar refractivity (Wildman–Crippen MR) is 117 cm³/mol. The van der Waals surface area contributed by atoms with Gasteiger partial charge in [0, 0.05) is 21.0 Å².